The fourth-order valence-corrected chi connectivity index (χ4v) is 3.54. The molecule has 0 saturated heterocycles. The van der Waals surface area contributed by atoms with Gasteiger partial charge in [0.15, 0.2) is 23.0 Å². The zero-order chi connectivity index (χ0) is 22.9. The molecule has 0 radical (unpaired) electrons. The number of Topliss-reactive ketones (excluding diaryl/α,β-unsaturated/α-hetero) is 1. The van der Waals surface area contributed by atoms with Crippen molar-refractivity contribution in [1.29, 1.82) is 0 Å². The highest BCUT2D eigenvalue weighted by atomic mass is 19.1. The highest BCUT2D eigenvalue weighted by Crippen LogP contribution is 2.44. The van der Waals surface area contributed by atoms with E-state index >= 15 is 0 Å². The van der Waals surface area contributed by atoms with Crippen molar-refractivity contribution in [3.8, 4) is 11.5 Å². The van der Waals surface area contributed by atoms with E-state index in [2.05, 4.69) is 0 Å². The predicted molar refractivity (Wildman–Crippen MR) is 110 cm³/mol. The first kappa shape index (κ1) is 22.3. The van der Waals surface area contributed by atoms with Gasteiger partial charge in [0.05, 0.1) is 31.0 Å². The van der Waals surface area contributed by atoms with E-state index in [1.807, 2.05) is 0 Å². The molecule has 0 fully saturated rings. The number of amides is 1. The number of halogens is 2. The van der Waals surface area contributed by atoms with Crippen molar-refractivity contribution in [3.63, 3.8) is 0 Å². The summed E-state index contributed by atoms with van der Waals surface area (Å²) in [5, 5.41) is 10.6. The van der Waals surface area contributed by atoms with Crippen LogP contribution in [0.25, 0.3) is 0 Å². The first-order chi connectivity index (χ1) is 14.7. The molecule has 6 nitrogen and oxygen atoms in total. The summed E-state index contributed by atoms with van der Waals surface area (Å²) in [6.45, 7) is 5.37. The summed E-state index contributed by atoms with van der Waals surface area (Å²) in [6.07, 6.45) is 0. The number of hydrogen-bond acceptors (Lipinski definition) is 5. The fourth-order valence-electron chi connectivity index (χ4n) is 3.54. The summed E-state index contributed by atoms with van der Waals surface area (Å²) in [4.78, 5) is 26.8. The molecule has 0 saturated carbocycles. The number of rotatable bonds is 7. The van der Waals surface area contributed by atoms with Gasteiger partial charge in [-0.1, -0.05) is 19.9 Å². The Hall–Kier alpha value is -3.42. The molecule has 0 bridgehead atoms. The number of anilines is 1. The van der Waals surface area contributed by atoms with Crippen LogP contribution < -0.4 is 14.4 Å². The summed E-state index contributed by atoms with van der Waals surface area (Å²) in [6, 6.07) is 6.36. The van der Waals surface area contributed by atoms with Crippen LogP contribution >= 0.6 is 0 Å². The number of ether oxygens (including phenoxy) is 2. The Labute approximate surface area is 178 Å². The third kappa shape index (κ3) is 3.97. The number of nitrogens with zero attached hydrogens (tertiary/aromatic N) is 1. The summed E-state index contributed by atoms with van der Waals surface area (Å²) in [5.74, 6) is -3.73. The van der Waals surface area contributed by atoms with Crippen LogP contribution in [-0.4, -0.2) is 30.5 Å². The Balaban J connectivity index is 2.24. The van der Waals surface area contributed by atoms with Crippen molar-refractivity contribution in [1.82, 2.24) is 0 Å². The number of benzene rings is 2. The lowest BCUT2D eigenvalue weighted by Crippen LogP contribution is -2.32. The Kier molecular flexibility index (Phi) is 6.29. The quantitative estimate of drug-likeness (QED) is 0.699. The topological polar surface area (TPSA) is 76.1 Å². The van der Waals surface area contributed by atoms with E-state index in [0.717, 1.165) is 17.0 Å². The molecule has 0 aromatic heterocycles. The van der Waals surface area contributed by atoms with Crippen molar-refractivity contribution < 1.29 is 33.0 Å². The lowest BCUT2D eigenvalue weighted by atomic mass is 9.91. The molecular formula is C23H23F2NO5. The third-order valence-electron chi connectivity index (χ3n) is 4.97. The summed E-state index contributed by atoms with van der Waals surface area (Å²) >= 11 is 0. The van der Waals surface area contributed by atoms with Crippen LogP contribution in [0.5, 0.6) is 11.5 Å². The summed E-state index contributed by atoms with van der Waals surface area (Å²) < 4.78 is 39.0. The van der Waals surface area contributed by atoms with Gasteiger partial charge in [-0.25, -0.2) is 8.78 Å². The number of carbonyl (C=O) groups is 2. The number of ketones is 1. The Morgan fingerprint density at radius 3 is 2.45 bits per heavy atom. The van der Waals surface area contributed by atoms with Crippen LogP contribution in [0.3, 0.4) is 0 Å². The second kappa shape index (κ2) is 8.75. The molecule has 3 rings (SSSR count). The van der Waals surface area contributed by atoms with E-state index in [9.17, 15) is 23.5 Å². The molecule has 1 amide bonds. The van der Waals surface area contributed by atoms with Gasteiger partial charge < -0.3 is 14.6 Å². The van der Waals surface area contributed by atoms with Gasteiger partial charge in [0.1, 0.15) is 11.6 Å². The molecule has 1 aliphatic rings. The maximum atomic E-state index is 14.6. The lowest BCUT2D eigenvalue weighted by Gasteiger charge is -2.28. The minimum atomic E-state index is -1.13. The molecule has 1 N–H and O–H groups in total. The van der Waals surface area contributed by atoms with E-state index in [-0.39, 0.29) is 11.3 Å². The van der Waals surface area contributed by atoms with E-state index < -0.39 is 41.0 Å². The first-order valence-electron chi connectivity index (χ1n) is 9.77. The minimum Gasteiger partial charge on any atom is -0.503 e. The van der Waals surface area contributed by atoms with Crippen molar-refractivity contribution >= 4 is 17.4 Å². The molecule has 1 atom stereocenters. The van der Waals surface area contributed by atoms with Crippen LogP contribution in [0.15, 0.2) is 47.7 Å². The highest BCUT2D eigenvalue weighted by molar-refractivity contribution is 6.16. The van der Waals surface area contributed by atoms with Crippen LogP contribution in [0, 0.1) is 17.6 Å². The van der Waals surface area contributed by atoms with Gasteiger partial charge >= 0.3 is 0 Å². The minimum absolute atomic E-state index is 0.156. The monoisotopic (exact) mass is 431 g/mol. The van der Waals surface area contributed by atoms with Crippen LogP contribution in [0.2, 0.25) is 0 Å². The maximum Gasteiger partial charge on any atom is 0.294 e. The molecule has 31 heavy (non-hydrogen) atoms. The molecule has 164 valence electrons. The predicted octanol–water partition coefficient (Wildman–Crippen LogP) is 4.50. The SMILES string of the molecule is CCOc1cc(C2C(C(=O)C(C)C)=C(O)C(=O)N2c2ccc(F)cc2F)ccc1OC. The van der Waals surface area contributed by atoms with E-state index in [4.69, 9.17) is 9.47 Å². The van der Waals surface area contributed by atoms with Gasteiger partial charge in [0.25, 0.3) is 5.91 Å². The molecule has 8 heteroatoms. The summed E-state index contributed by atoms with van der Waals surface area (Å²) in [7, 11) is 1.47. The Morgan fingerprint density at radius 2 is 1.87 bits per heavy atom. The van der Waals surface area contributed by atoms with Gasteiger partial charge in [0.2, 0.25) is 0 Å². The van der Waals surface area contributed by atoms with Crippen molar-refractivity contribution in [2.75, 3.05) is 18.6 Å². The van der Waals surface area contributed by atoms with Gasteiger partial charge in [-0.3, -0.25) is 14.5 Å². The largest absolute Gasteiger partial charge is 0.503 e. The fraction of sp³-hybridized carbons (Fsp3) is 0.304. The van der Waals surface area contributed by atoms with E-state index in [1.165, 1.54) is 7.11 Å². The van der Waals surface area contributed by atoms with E-state index in [1.54, 1.807) is 39.0 Å². The second-order valence-electron chi connectivity index (χ2n) is 7.30. The lowest BCUT2D eigenvalue weighted by molar-refractivity contribution is -0.119. The molecule has 1 heterocycles. The normalized spacial score (nSPS) is 16.3. The molecule has 1 aliphatic heterocycles. The molecule has 0 spiro atoms. The van der Waals surface area contributed by atoms with E-state index in [0.29, 0.717) is 29.7 Å². The first-order valence-corrected chi connectivity index (χ1v) is 9.77. The molecular weight excluding hydrogens is 408 g/mol. The van der Waals surface area contributed by atoms with Crippen LogP contribution in [0.1, 0.15) is 32.4 Å². The highest BCUT2D eigenvalue weighted by Gasteiger charge is 2.45. The second-order valence-corrected chi connectivity index (χ2v) is 7.30. The molecule has 0 aliphatic carbocycles. The average Bonchev–Trinajstić information content (AvgIpc) is 2.98. The Bertz CT molecular complexity index is 1060. The average molecular weight is 431 g/mol. The zero-order valence-electron chi connectivity index (χ0n) is 17.6. The number of aliphatic hydroxyl groups is 1. The van der Waals surface area contributed by atoms with Crippen molar-refractivity contribution in [2.45, 2.75) is 26.8 Å². The molecule has 2 aromatic carbocycles. The van der Waals surface area contributed by atoms with Gasteiger partial charge in [-0.15, -0.1) is 0 Å². The van der Waals surface area contributed by atoms with Crippen molar-refractivity contribution in [2.24, 2.45) is 5.92 Å². The zero-order valence-corrected chi connectivity index (χ0v) is 17.6. The smallest absolute Gasteiger partial charge is 0.294 e. The van der Waals surface area contributed by atoms with Gasteiger partial charge in [0, 0.05) is 12.0 Å². The Morgan fingerprint density at radius 1 is 1.16 bits per heavy atom. The third-order valence-corrected chi connectivity index (χ3v) is 4.97. The number of hydrogen-bond donors (Lipinski definition) is 1. The number of carbonyl (C=O) groups excluding carboxylic acids is 2. The van der Waals surface area contributed by atoms with Crippen molar-refractivity contribution in [3.05, 3.63) is 64.9 Å². The van der Waals surface area contributed by atoms with Gasteiger partial charge in [-0.05, 0) is 36.8 Å². The maximum absolute atomic E-state index is 14.6. The number of methoxy groups -OCH3 is 1. The van der Waals surface area contributed by atoms with Crippen LogP contribution in [0.4, 0.5) is 14.5 Å². The van der Waals surface area contributed by atoms with Gasteiger partial charge in [-0.2, -0.15) is 0 Å². The number of aliphatic hydroxyl groups excluding tert-OH is 1. The molecule has 1 unspecified atom stereocenters. The molecule has 2 aromatic rings. The van der Waals surface area contributed by atoms with Crippen LogP contribution in [-0.2, 0) is 9.59 Å². The summed E-state index contributed by atoms with van der Waals surface area (Å²) in [5.41, 5.74) is -0.0194. The standard InChI is InChI=1S/C23H23F2NO5/c1-5-31-18-10-13(6-9-17(18)30-4)20-19(21(27)12(2)3)22(28)23(29)26(20)16-8-7-14(24)11-15(16)25/h6-12,20,28H,5H2,1-4H3.